The highest BCUT2D eigenvalue weighted by Crippen LogP contribution is 2.29. The van der Waals surface area contributed by atoms with Crippen molar-refractivity contribution in [1.29, 1.82) is 0 Å². The molecule has 1 aromatic rings. The van der Waals surface area contributed by atoms with E-state index in [1.54, 1.807) is 18.2 Å². The maximum Gasteiger partial charge on any atom is 0.0719 e. The standard InChI is InChI=1S/C8H8Cl3N/c9-4-5-12-8-6(10)2-1-3-7(8)11/h1-3,12H,4-5H2. The Morgan fingerprint density at radius 1 is 1.17 bits per heavy atom. The number of hydrogen-bond acceptors (Lipinski definition) is 1. The molecule has 0 spiro atoms. The maximum absolute atomic E-state index is 5.88. The van der Waals surface area contributed by atoms with E-state index in [2.05, 4.69) is 5.32 Å². The molecule has 1 rings (SSSR count). The molecule has 1 nitrogen and oxygen atoms in total. The average Bonchev–Trinajstić information content (AvgIpc) is 2.04. The maximum atomic E-state index is 5.88. The second kappa shape index (κ2) is 4.80. The molecule has 0 aliphatic carbocycles. The first-order chi connectivity index (χ1) is 5.75. The Bertz CT molecular complexity index is 242. The Balaban J connectivity index is 2.81. The van der Waals surface area contributed by atoms with E-state index in [-0.39, 0.29) is 0 Å². The fourth-order valence-corrected chi connectivity index (χ4v) is 1.46. The number of hydrogen-bond donors (Lipinski definition) is 1. The summed E-state index contributed by atoms with van der Waals surface area (Å²) in [5.41, 5.74) is 0.751. The zero-order valence-corrected chi connectivity index (χ0v) is 8.55. The summed E-state index contributed by atoms with van der Waals surface area (Å²) in [5, 5.41) is 4.27. The number of para-hydroxylation sites is 1. The van der Waals surface area contributed by atoms with Crippen LogP contribution in [0.15, 0.2) is 18.2 Å². The molecule has 0 radical (unpaired) electrons. The van der Waals surface area contributed by atoms with Crippen LogP contribution in [-0.2, 0) is 0 Å². The van der Waals surface area contributed by atoms with Crippen LogP contribution in [0, 0.1) is 0 Å². The molecular formula is C8H8Cl3N. The summed E-state index contributed by atoms with van der Waals surface area (Å²) < 4.78 is 0. The SMILES string of the molecule is ClCCNc1c(Cl)cccc1Cl. The van der Waals surface area contributed by atoms with Gasteiger partial charge in [-0.3, -0.25) is 0 Å². The van der Waals surface area contributed by atoms with Gasteiger partial charge < -0.3 is 5.32 Å². The molecule has 0 heterocycles. The molecule has 0 amide bonds. The lowest BCUT2D eigenvalue weighted by molar-refractivity contribution is 1.22. The van der Waals surface area contributed by atoms with E-state index in [0.717, 1.165) is 5.69 Å². The molecule has 0 bridgehead atoms. The normalized spacial score (nSPS) is 9.92. The fourth-order valence-electron chi connectivity index (χ4n) is 0.839. The second-order valence-electron chi connectivity index (χ2n) is 2.21. The highest BCUT2D eigenvalue weighted by molar-refractivity contribution is 6.39. The van der Waals surface area contributed by atoms with Crippen LogP contribution in [0.5, 0.6) is 0 Å². The molecule has 0 saturated carbocycles. The van der Waals surface area contributed by atoms with E-state index in [0.29, 0.717) is 22.5 Å². The largest absolute Gasteiger partial charge is 0.381 e. The van der Waals surface area contributed by atoms with Crippen molar-refractivity contribution >= 4 is 40.5 Å². The van der Waals surface area contributed by atoms with Gasteiger partial charge in [0.2, 0.25) is 0 Å². The zero-order chi connectivity index (χ0) is 8.97. The lowest BCUT2D eigenvalue weighted by Gasteiger charge is -2.07. The van der Waals surface area contributed by atoms with E-state index in [4.69, 9.17) is 34.8 Å². The van der Waals surface area contributed by atoms with Gasteiger partial charge in [-0.15, -0.1) is 11.6 Å². The molecule has 0 aromatic heterocycles. The van der Waals surface area contributed by atoms with Crippen LogP contribution in [-0.4, -0.2) is 12.4 Å². The number of halogens is 3. The van der Waals surface area contributed by atoms with E-state index >= 15 is 0 Å². The molecule has 0 atom stereocenters. The average molecular weight is 225 g/mol. The number of rotatable bonds is 3. The van der Waals surface area contributed by atoms with Crippen molar-refractivity contribution in [2.24, 2.45) is 0 Å². The number of anilines is 1. The summed E-state index contributed by atoms with van der Waals surface area (Å²) in [6, 6.07) is 5.37. The van der Waals surface area contributed by atoms with Gasteiger partial charge in [0.05, 0.1) is 15.7 Å². The van der Waals surface area contributed by atoms with Crippen molar-refractivity contribution in [1.82, 2.24) is 0 Å². The van der Waals surface area contributed by atoms with Crippen LogP contribution >= 0.6 is 34.8 Å². The lowest BCUT2D eigenvalue weighted by atomic mass is 10.3. The highest BCUT2D eigenvalue weighted by atomic mass is 35.5. The number of benzene rings is 1. The Labute approximate surface area is 86.6 Å². The van der Waals surface area contributed by atoms with Crippen molar-refractivity contribution in [3.63, 3.8) is 0 Å². The Kier molecular flexibility index (Phi) is 3.99. The summed E-state index contributed by atoms with van der Waals surface area (Å²) in [7, 11) is 0. The van der Waals surface area contributed by atoms with Crippen LogP contribution in [0.2, 0.25) is 10.0 Å². The molecule has 1 N–H and O–H groups in total. The third-order valence-electron chi connectivity index (χ3n) is 1.36. The van der Waals surface area contributed by atoms with Gasteiger partial charge in [0, 0.05) is 12.4 Å². The van der Waals surface area contributed by atoms with E-state index < -0.39 is 0 Å². The van der Waals surface area contributed by atoms with Crippen molar-refractivity contribution < 1.29 is 0 Å². The Morgan fingerprint density at radius 2 is 1.75 bits per heavy atom. The van der Waals surface area contributed by atoms with Crippen molar-refractivity contribution in [3.8, 4) is 0 Å². The quantitative estimate of drug-likeness (QED) is 0.773. The van der Waals surface area contributed by atoms with Crippen molar-refractivity contribution in [3.05, 3.63) is 28.2 Å². The van der Waals surface area contributed by atoms with Crippen LogP contribution in [0.3, 0.4) is 0 Å². The molecule has 0 saturated heterocycles. The fraction of sp³-hybridized carbons (Fsp3) is 0.250. The molecule has 0 unspecified atom stereocenters. The molecule has 66 valence electrons. The van der Waals surface area contributed by atoms with Gasteiger partial charge in [-0.05, 0) is 12.1 Å². The van der Waals surface area contributed by atoms with Gasteiger partial charge in [-0.25, -0.2) is 0 Å². The Morgan fingerprint density at radius 3 is 2.25 bits per heavy atom. The second-order valence-corrected chi connectivity index (χ2v) is 3.40. The topological polar surface area (TPSA) is 12.0 Å². The van der Waals surface area contributed by atoms with Crippen molar-refractivity contribution in [2.75, 3.05) is 17.7 Å². The van der Waals surface area contributed by atoms with Crippen LogP contribution in [0.1, 0.15) is 0 Å². The minimum atomic E-state index is 0.529. The predicted octanol–water partition coefficient (Wildman–Crippen LogP) is 3.64. The molecule has 0 aliphatic heterocycles. The van der Waals surface area contributed by atoms with Crippen molar-refractivity contribution in [2.45, 2.75) is 0 Å². The minimum absolute atomic E-state index is 0.529. The molecule has 0 aliphatic rings. The van der Waals surface area contributed by atoms with Gasteiger partial charge in [0.15, 0.2) is 0 Å². The number of nitrogens with one attached hydrogen (secondary N) is 1. The lowest BCUT2D eigenvalue weighted by Crippen LogP contribution is -2.03. The molecular weight excluding hydrogens is 216 g/mol. The monoisotopic (exact) mass is 223 g/mol. The molecule has 12 heavy (non-hydrogen) atoms. The van der Waals surface area contributed by atoms with Gasteiger partial charge in [0.1, 0.15) is 0 Å². The summed E-state index contributed by atoms with van der Waals surface area (Å²) in [6.07, 6.45) is 0. The summed E-state index contributed by atoms with van der Waals surface area (Å²) in [6.45, 7) is 0.658. The predicted molar refractivity (Wildman–Crippen MR) is 55.7 cm³/mol. The smallest absolute Gasteiger partial charge is 0.0719 e. The van der Waals surface area contributed by atoms with Gasteiger partial charge in [-0.2, -0.15) is 0 Å². The number of alkyl halides is 1. The third-order valence-corrected chi connectivity index (χ3v) is 2.18. The van der Waals surface area contributed by atoms with E-state index in [9.17, 15) is 0 Å². The zero-order valence-electron chi connectivity index (χ0n) is 6.28. The first-order valence-electron chi connectivity index (χ1n) is 3.49. The minimum Gasteiger partial charge on any atom is -0.381 e. The van der Waals surface area contributed by atoms with E-state index in [1.807, 2.05) is 0 Å². The first kappa shape index (κ1) is 9.97. The van der Waals surface area contributed by atoms with Gasteiger partial charge >= 0.3 is 0 Å². The summed E-state index contributed by atoms with van der Waals surface area (Å²) in [5.74, 6) is 0.529. The van der Waals surface area contributed by atoms with E-state index in [1.165, 1.54) is 0 Å². The molecule has 1 aromatic carbocycles. The molecule has 4 heteroatoms. The Hall–Kier alpha value is -0.110. The van der Waals surface area contributed by atoms with Gasteiger partial charge in [0.25, 0.3) is 0 Å². The highest BCUT2D eigenvalue weighted by Gasteiger charge is 2.02. The first-order valence-corrected chi connectivity index (χ1v) is 4.78. The van der Waals surface area contributed by atoms with Gasteiger partial charge in [-0.1, -0.05) is 29.3 Å². The van der Waals surface area contributed by atoms with Crippen LogP contribution in [0.4, 0.5) is 5.69 Å². The molecule has 0 fully saturated rings. The third kappa shape index (κ3) is 2.44. The summed E-state index contributed by atoms with van der Waals surface area (Å²) >= 11 is 17.3. The summed E-state index contributed by atoms with van der Waals surface area (Å²) in [4.78, 5) is 0. The van der Waals surface area contributed by atoms with Crippen LogP contribution in [0.25, 0.3) is 0 Å². The van der Waals surface area contributed by atoms with Crippen LogP contribution < -0.4 is 5.32 Å².